The minimum atomic E-state index is 0.123. The van der Waals surface area contributed by atoms with Crippen molar-refractivity contribution in [2.75, 3.05) is 0 Å². The maximum atomic E-state index is 5.92. The Balaban J connectivity index is 2.38. The molecule has 0 aromatic carbocycles. The van der Waals surface area contributed by atoms with Crippen molar-refractivity contribution in [2.45, 2.75) is 52.1 Å². The quantitative estimate of drug-likeness (QED) is 0.588. The first-order valence-electron chi connectivity index (χ1n) is 5.89. The van der Waals surface area contributed by atoms with E-state index in [2.05, 4.69) is 9.97 Å². The van der Waals surface area contributed by atoms with Crippen molar-refractivity contribution in [1.29, 1.82) is 0 Å². The van der Waals surface area contributed by atoms with Gasteiger partial charge in [0.25, 0.3) is 0 Å². The van der Waals surface area contributed by atoms with Crippen LogP contribution < -0.4 is 4.74 Å². The number of aryl methyl sites for hydroxylation is 1. The zero-order chi connectivity index (χ0) is 11.5. The van der Waals surface area contributed by atoms with E-state index in [9.17, 15) is 0 Å². The first-order valence-corrected chi connectivity index (χ1v) is 6.26. The van der Waals surface area contributed by atoms with Gasteiger partial charge in [-0.2, -0.15) is 4.98 Å². The van der Waals surface area contributed by atoms with Crippen LogP contribution in [-0.2, 0) is 12.8 Å². The fourth-order valence-electron chi connectivity index (χ4n) is 2.03. The monoisotopic (exact) mass is 240 g/mol. The molecule has 0 bridgehead atoms. The van der Waals surface area contributed by atoms with Gasteiger partial charge in [-0.1, -0.05) is 6.42 Å². The summed E-state index contributed by atoms with van der Waals surface area (Å²) in [4.78, 5) is 8.52. The van der Waals surface area contributed by atoms with E-state index < -0.39 is 0 Å². The largest absolute Gasteiger partial charge is 0.475 e. The molecule has 16 heavy (non-hydrogen) atoms. The van der Waals surface area contributed by atoms with Crippen LogP contribution in [0.1, 0.15) is 44.4 Å². The van der Waals surface area contributed by atoms with E-state index in [1.807, 2.05) is 13.8 Å². The van der Waals surface area contributed by atoms with Crippen molar-refractivity contribution in [3.63, 3.8) is 0 Å². The molecule has 2 rings (SSSR count). The third-order valence-electron chi connectivity index (χ3n) is 2.72. The molecule has 1 aliphatic carbocycles. The van der Waals surface area contributed by atoms with Crippen molar-refractivity contribution in [3.05, 3.63) is 16.5 Å². The molecule has 0 amide bonds. The Morgan fingerprint density at radius 2 is 1.88 bits per heavy atom. The zero-order valence-electron chi connectivity index (χ0n) is 9.79. The van der Waals surface area contributed by atoms with Crippen molar-refractivity contribution < 1.29 is 4.74 Å². The molecule has 0 N–H and O–H groups in total. The Morgan fingerprint density at radius 3 is 2.62 bits per heavy atom. The summed E-state index contributed by atoms with van der Waals surface area (Å²) in [5.74, 6) is 0.687. The number of aromatic nitrogens is 2. The highest BCUT2D eigenvalue weighted by Gasteiger charge is 2.17. The van der Waals surface area contributed by atoms with E-state index in [1.54, 1.807) is 0 Å². The molecule has 0 saturated heterocycles. The van der Waals surface area contributed by atoms with E-state index in [0.717, 1.165) is 24.1 Å². The molecular formula is C12H17ClN2O. The van der Waals surface area contributed by atoms with Crippen LogP contribution in [0.2, 0.25) is 5.28 Å². The van der Waals surface area contributed by atoms with Crippen molar-refractivity contribution in [3.8, 4) is 5.88 Å². The highest BCUT2D eigenvalue weighted by molar-refractivity contribution is 6.28. The Labute approximate surface area is 101 Å². The minimum Gasteiger partial charge on any atom is -0.475 e. The molecule has 1 aliphatic rings. The number of rotatable bonds is 2. The Morgan fingerprint density at radius 1 is 1.12 bits per heavy atom. The van der Waals surface area contributed by atoms with Gasteiger partial charge in [0.15, 0.2) is 0 Å². The van der Waals surface area contributed by atoms with Crippen LogP contribution in [0.5, 0.6) is 5.88 Å². The van der Waals surface area contributed by atoms with Crippen molar-refractivity contribution in [2.24, 2.45) is 0 Å². The molecule has 0 aliphatic heterocycles. The van der Waals surface area contributed by atoms with Gasteiger partial charge in [-0.3, -0.25) is 0 Å². The van der Waals surface area contributed by atoms with Gasteiger partial charge in [-0.25, -0.2) is 4.98 Å². The van der Waals surface area contributed by atoms with Gasteiger partial charge in [0.05, 0.1) is 11.8 Å². The minimum absolute atomic E-state index is 0.123. The molecule has 0 fully saturated rings. The average Bonchev–Trinajstić information content (AvgIpc) is 2.41. The molecule has 0 unspecified atom stereocenters. The van der Waals surface area contributed by atoms with E-state index in [0.29, 0.717) is 11.2 Å². The first-order chi connectivity index (χ1) is 7.66. The summed E-state index contributed by atoms with van der Waals surface area (Å²) >= 11 is 5.92. The van der Waals surface area contributed by atoms with Crippen LogP contribution in [0, 0.1) is 0 Å². The Kier molecular flexibility index (Phi) is 3.64. The summed E-state index contributed by atoms with van der Waals surface area (Å²) < 4.78 is 5.71. The highest BCUT2D eigenvalue weighted by Crippen LogP contribution is 2.28. The summed E-state index contributed by atoms with van der Waals surface area (Å²) in [7, 11) is 0. The summed E-state index contributed by atoms with van der Waals surface area (Å²) in [5, 5.41) is 0.302. The molecule has 1 heterocycles. The lowest BCUT2D eigenvalue weighted by molar-refractivity contribution is 0.229. The Bertz CT molecular complexity index is 380. The molecule has 3 nitrogen and oxygen atoms in total. The second kappa shape index (κ2) is 5.00. The van der Waals surface area contributed by atoms with Gasteiger partial charge in [-0.05, 0) is 51.1 Å². The zero-order valence-corrected chi connectivity index (χ0v) is 10.5. The number of nitrogens with zero attached hydrogens (tertiary/aromatic N) is 2. The van der Waals surface area contributed by atoms with Gasteiger partial charge in [0, 0.05) is 5.56 Å². The molecular weight excluding hydrogens is 224 g/mol. The lowest BCUT2D eigenvalue weighted by Crippen LogP contribution is -2.11. The predicted molar refractivity (Wildman–Crippen MR) is 64.1 cm³/mol. The smallest absolute Gasteiger partial charge is 0.225 e. The lowest BCUT2D eigenvalue weighted by atomic mass is 10.1. The fraction of sp³-hybridized carbons (Fsp3) is 0.667. The molecule has 0 radical (unpaired) electrons. The second-order valence-corrected chi connectivity index (χ2v) is 4.79. The number of halogens is 1. The molecule has 1 aromatic heterocycles. The molecule has 4 heteroatoms. The summed E-state index contributed by atoms with van der Waals surface area (Å²) in [6, 6.07) is 0. The number of hydrogen-bond donors (Lipinski definition) is 0. The molecule has 88 valence electrons. The van der Waals surface area contributed by atoms with Crippen molar-refractivity contribution in [1.82, 2.24) is 9.97 Å². The standard InChI is InChI=1S/C12H17ClN2O/c1-8(2)16-11-9-6-4-3-5-7-10(9)14-12(13)15-11/h8H,3-7H2,1-2H3. The second-order valence-electron chi connectivity index (χ2n) is 4.45. The number of ether oxygens (including phenoxy) is 1. The van der Waals surface area contributed by atoms with Gasteiger partial charge in [0.1, 0.15) is 0 Å². The van der Waals surface area contributed by atoms with Crippen molar-refractivity contribution >= 4 is 11.6 Å². The van der Waals surface area contributed by atoms with Crippen LogP contribution in [0.25, 0.3) is 0 Å². The normalized spacial score (nSPS) is 15.8. The van der Waals surface area contributed by atoms with E-state index in [4.69, 9.17) is 16.3 Å². The number of fused-ring (bicyclic) bond motifs is 1. The van der Waals surface area contributed by atoms with E-state index in [1.165, 1.54) is 19.3 Å². The third-order valence-corrected chi connectivity index (χ3v) is 2.88. The topological polar surface area (TPSA) is 35.0 Å². The third kappa shape index (κ3) is 2.64. The number of hydrogen-bond acceptors (Lipinski definition) is 3. The fourth-order valence-corrected chi connectivity index (χ4v) is 2.21. The Hall–Kier alpha value is -0.830. The maximum absolute atomic E-state index is 5.92. The lowest BCUT2D eigenvalue weighted by Gasteiger charge is -2.14. The molecule has 0 atom stereocenters. The summed E-state index contributed by atoms with van der Waals surface area (Å²) in [6.45, 7) is 4.00. The van der Waals surface area contributed by atoms with Crippen LogP contribution in [-0.4, -0.2) is 16.1 Å². The highest BCUT2D eigenvalue weighted by atomic mass is 35.5. The van der Waals surface area contributed by atoms with E-state index >= 15 is 0 Å². The van der Waals surface area contributed by atoms with E-state index in [-0.39, 0.29) is 6.10 Å². The summed E-state index contributed by atoms with van der Waals surface area (Å²) in [5.41, 5.74) is 2.24. The van der Waals surface area contributed by atoms with Crippen LogP contribution in [0.4, 0.5) is 0 Å². The van der Waals surface area contributed by atoms with Crippen LogP contribution >= 0.6 is 11.6 Å². The predicted octanol–water partition coefficient (Wildman–Crippen LogP) is 3.19. The summed E-state index contributed by atoms with van der Waals surface area (Å²) in [6.07, 6.45) is 5.74. The SMILES string of the molecule is CC(C)Oc1nc(Cl)nc2c1CCCCC2. The molecule has 0 spiro atoms. The molecule has 1 aromatic rings. The van der Waals surface area contributed by atoms with Gasteiger partial charge in [0.2, 0.25) is 11.2 Å². The maximum Gasteiger partial charge on any atom is 0.225 e. The molecule has 0 saturated carbocycles. The first kappa shape index (κ1) is 11.6. The van der Waals surface area contributed by atoms with Gasteiger partial charge < -0.3 is 4.74 Å². The average molecular weight is 241 g/mol. The van der Waals surface area contributed by atoms with Gasteiger partial charge >= 0.3 is 0 Å². The van der Waals surface area contributed by atoms with Crippen LogP contribution in [0.3, 0.4) is 0 Å². The van der Waals surface area contributed by atoms with Crippen LogP contribution in [0.15, 0.2) is 0 Å². The van der Waals surface area contributed by atoms with Gasteiger partial charge in [-0.15, -0.1) is 0 Å².